The number of carboxylic acids is 1. The maximum absolute atomic E-state index is 12.6. The van der Waals surface area contributed by atoms with Crippen LogP contribution >= 0.6 is 0 Å². The first kappa shape index (κ1) is 27.2. The summed E-state index contributed by atoms with van der Waals surface area (Å²) in [5, 5.41) is 9.85. The van der Waals surface area contributed by atoms with Crippen molar-refractivity contribution >= 4 is 28.3 Å². The number of nitrogens with zero attached hydrogens (tertiary/aromatic N) is 1. The lowest BCUT2D eigenvalue weighted by Gasteiger charge is -2.32. The van der Waals surface area contributed by atoms with Gasteiger partial charge < -0.3 is 14.6 Å². The van der Waals surface area contributed by atoms with Gasteiger partial charge in [0.1, 0.15) is 11.2 Å². The van der Waals surface area contributed by atoms with Gasteiger partial charge in [0.2, 0.25) is 0 Å². The van der Waals surface area contributed by atoms with Gasteiger partial charge in [0.15, 0.2) is 0 Å². The van der Waals surface area contributed by atoms with Crippen molar-refractivity contribution in [3.63, 3.8) is 0 Å². The van der Waals surface area contributed by atoms with Crippen LogP contribution in [0.5, 0.6) is 0 Å². The summed E-state index contributed by atoms with van der Waals surface area (Å²) >= 11 is 0. The first-order valence-corrected chi connectivity index (χ1v) is 12.0. The van der Waals surface area contributed by atoms with Crippen LogP contribution < -0.4 is 0 Å². The molecule has 31 heavy (non-hydrogen) atoms. The first-order valence-electron chi connectivity index (χ1n) is 10.2. The number of ether oxygens (including phenoxy) is 2. The molecule has 0 saturated heterocycles. The zero-order chi connectivity index (χ0) is 24.3. The minimum absolute atomic E-state index is 0.0185. The molecule has 0 bridgehead atoms. The van der Waals surface area contributed by atoms with Crippen LogP contribution in [0, 0.1) is 5.41 Å². The maximum atomic E-state index is 12.6. The molecule has 0 aromatic rings. The minimum atomic E-state index is -3.84. The molecule has 1 aliphatic rings. The molecule has 10 nitrogen and oxygen atoms in total. The Morgan fingerprint density at radius 1 is 1.03 bits per heavy atom. The van der Waals surface area contributed by atoms with Crippen LogP contribution in [-0.2, 0) is 28.6 Å². The second-order valence-electron chi connectivity index (χ2n) is 9.86. The molecule has 0 radical (unpaired) electrons. The van der Waals surface area contributed by atoms with E-state index in [-0.39, 0.29) is 25.8 Å². The van der Waals surface area contributed by atoms with E-state index in [4.69, 9.17) is 13.7 Å². The number of aliphatic carboxylic acids is 1. The summed E-state index contributed by atoms with van der Waals surface area (Å²) in [6, 6.07) is 0. The number of rotatable bonds is 7. The number of imide groups is 1. The highest BCUT2D eigenvalue weighted by Gasteiger charge is 2.51. The fourth-order valence-electron chi connectivity index (χ4n) is 3.47. The molecule has 1 rings (SSSR count). The number of carboxylic acid groups (broad SMARTS) is 1. The largest absolute Gasteiger partial charge is 0.481 e. The highest BCUT2D eigenvalue weighted by molar-refractivity contribution is 7.86. The molecule has 2 atom stereocenters. The molecule has 0 aromatic carbocycles. The average molecular weight is 466 g/mol. The Labute approximate surface area is 184 Å². The molecule has 0 aromatic heterocycles. The van der Waals surface area contributed by atoms with E-state index >= 15 is 0 Å². The quantitative estimate of drug-likeness (QED) is 0.560. The molecular weight excluding hydrogens is 430 g/mol. The molecule has 0 spiro atoms. The van der Waals surface area contributed by atoms with E-state index in [1.807, 2.05) is 0 Å². The van der Waals surface area contributed by atoms with Gasteiger partial charge in [-0.2, -0.15) is 8.42 Å². The first-order chi connectivity index (χ1) is 13.9. The smallest absolute Gasteiger partial charge is 0.419 e. The molecule has 0 aliphatic heterocycles. The van der Waals surface area contributed by atoms with Crippen LogP contribution in [0.4, 0.5) is 9.59 Å². The Kier molecular flexibility index (Phi) is 8.52. The maximum Gasteiger partial charge on any atom is 0.419 e. The normalized spacial score (nSPS) is 22.1. The van der Waals surface area contributed by atoms with Crippen LogP contribution in [0.2, 0.25) is 0 Å². The van der Waals surface area contributed by atoms with Gasteiger partial charge in [0.25, 0.3) is 10.1 Å². The fourth-order valence-corrected chi connectivity index (χ4v) is 4.18. The second-order valence-corrected chi connectivity index (χ2v) is 11.5. The summed E-state index contributed by atoms with van der Waals surface area (Å²) < 4.78 is 38.8. The van der Waals surface area contributed by atoms with E-state index in [9.17, 15) is 27.9 Å². The number of hydrogen-bond donors (Lipinski definition) is 1. The molecular formula is C20H35NO9S. The standard InChI is InChI=1S/C20H35NO9S/c1-18(2,3)28-16(24)21(17(25)29-19(4,5)6)13-9-12-20(15(22)23)11-8-10-14(20)30-31(7,26)27/h14H,8-13H2,1-7H3,(H,22,23)/t14-,20+/m1/s1. The van der Waals surface area contributed by atoms with Crippen LogP contribution in [0.3, 0.4) is 0 Å². The van der Waals surface area contributed by atoms with E-state index < -0.39 is 51.0 Å². The summed E-state index contributed by atoms with van der Waals surface area (Å²) in [5.74, 6) is -1.17. The van der Waals surface area contributed by atoms with Gasteiger partial charge in [-0.05, 0) is 73.6 Å². The van der Waals surface area contributed by atoms with Gasteiger partial charge in [-0.25, -0.2) is 14.5 Å². The summed E-state index contributed by atoms with van der Waals surface area (Å²) in [4.78, 5) is 38.0. The average Bonchev–Trinajstić information content (AvgIpc) is 2.89. The van der Waals surface area contributed by atoms with E-state index in [0.717, 1.165) is 11.2 Å². The van der Waals surface area contributed by atoms with Gasteiger partial charge in [0.05, 0.1) is 17.8 Å². The molecule has 11 heteroatoms. The Morgan fingerprint density at radius 3 is 1.90 bits per heavy atom. The molecule has 0 unspecified atom stereocenters. The van der Waals surface area contributed by atoms with Crippen molar-refractivity contribution in [2.45, 2.75) is 91.0 Å². The van der Waals surface area contributed by atoms with Crippen molar-refractivity contribution in [2.75, 3.05) is 12.8 Å². The Morgan fingerprint density at radius 2 is 1.52 bits per heavy atom. The highest BCUT2D eigenvalue weighted by atomic mass is 32.2. The number of carbonyl (C=O) groups excluding carboxylic acids is 2. The van der Waals surface area contributed by atoms with Gasteiger partial charge in [-0.15, -0.1) is 0 Å². The lowest BCUT2D eigenvalue weighted by Crippen LogP contribution is -2.45. The summed E-state index contributed by atoms with van der Waals surface area (Å²) in [6.45, 7) is 9.79. The summed E-state index contributed by atoms with van der Waals surface area (Å²) in [6.07, 6.45) is -0.778. The lowest BCUT2D eigenvalue weighted by atomic mass is 9.79. The monoisotopic (exact) mass is 465 g/mol. The zero-order valence-corrected chi connectivity index (χ0v) is 20.2. The van der Waals surface area contributed by atoms with Crippen LogP contribution in [0.1, 0.15) is 73.6 Å². The topological polar surface area (TPSA) is 137 Å². The molecule has 0 heterocycles. The predicted molar refractivity (Wildman–Crippen MR) is 112 cm³/mol. The Hall–Kier alpha value is -1.88. The summed E-state index contributed by atoms with van der Waals surface area (Å²) in [7, 11) is -3.84. The predicted octanol–water partition coefficient (Wildman–Crippen LogP) is 3.54. The van der Waals surface area contributed by atoms with Crippen LogP contribution in [0.15, 0.2) is 0 Å². The van der Waals surface area contributed by atoms with Crippen LogP contribution in [0.25, 0.3) is 0 Å². The fraction of sp³-hybridized carbons (Fsp3) is 0.850. The molecule has 180 valence electrons. The molecule has 1 fully saturated rings. The second kappa shape index (κ2) is 9.72. The van der Waals surface area contributed by atoms with Crippen molar-refractivity contribution in [3.8, 4) is 0 Å². The Balaban J connectivity index is 3.00. The number of hydrogen-bond acceptors (Lipinski definition) is 8. The number of carbonyl (C=O) groups is 3. The van der Waals surface area contributed by atoms with E-state index in [1.165, 1.54) is 0 Å². The number of amides is 2. The van der Waals surface area contributed by atoms with Crippen molar-refractivity contribution in [1.82, 2.24) is 4.90 Å². The molecule has 2 amide bonds. The molecule has 1 N–H and O–H groups in total. The van der Waals surface area contributed by atoms with E-state index in [1.54, 1.807) is 41.5 Å². The third-order valence-corrected chi connectivity index (χ3v) is 5.24. The van der Waals surface area contributed by atoms with Crippen LogP contribution in [-0.4, -0.2) is 66.7 Å². The lowest BCUT2D eigenvalue weighted by molar-refractivity contribution is -0.154. The SMILES string of the molecule is CC(C)(C)OC(=O)N(CCC[C@@]1(C(=O)O)CCC[C@H]1OS(C)(=O)=O)C(=O)OC(C)(C)C. The Bertz CT molecular complexity index is 751. The van der Waals surface area contributed by atoms with Gasteiger partial charge in [-0.1, -0.05) is 0 Å². The zero-order valence-electron chi connectivity index (χ0n) is 19.4. The van der Waals surface area contributed by atoms with E-state index in [0.29, 0.717) is 12.8 Å². The third-order valence-electron chi connectivity index (χ3n) is 4.65. The molecule has 1 aliphatic carbocycles. The van der Waals surface area contributed by atoms with Crippen molar-refractivity contribution in [2.24, 2.45) is 5.41 Å². The van der Waals surface area contributed by atoms with Crippen molar-refractivity contribution < 1.29 is 41.6 Å². The van der Waals surface area contributed by atoms with Gasteiger partial charge in [0, 0.05) is 6.54 Å². The molecule has 1 saturated carbocycles. The summed E-state index contributed by atoms with van der Waals surface area (Å²) in [5.41, 5.74) is -3.12. The van der Waals surface area contributed by atoms with Gasteiger partial charge >= 0.3 is 18.2 Å². The van der Waals surface area contributed by atoms with Gasteiger partial charge in [-0.3, -0.25) is 8.98 Å². The highest BCUT2D eigenvalue weighted by Crippen LogP contribution is 2.45. The third kappa shape index (κ3) is 8.64. The van der Waals surface area contributed by atoms with Crippen molar-refractivity contribution in [1.29, 1.82) is 0 Å². The van der Waals surface area contributed by atoms with Crippen molar-refractivity contribution in [3.05, 3.63) is 0 Å². The minimum Gasteiger partial charge on any atom is -0.481 e. The van der Waals surface area contributed by atoms with E-state index in [2.05, 4.69) is 0 Å².